The van der Waals surface area contributed by atoms with Gasteiger partial charge in [0.1, 0.15) is 0 Å². The first-order chi connectivity index (χ1) is 5.41. The Bertz CT molecular complexity index is 206. The van der Waals surface area contributed by atoms with Gasteiger partial charge in [-0.05, 0) is 39.3 Å². The van der Waals surface area contributed by atoms with Crippen LogP contribution in [0, 0.1) is 0 Å². The summed E-state index contributed by atoms with van der Waals surface area (Å²) in [5, 5.41) is 0. The third-order valence-electron chi connectivity index (χ3n) is 0.771. The van der Waals surface area contributed by atoms with E-state index in [1.54, 1.807) is 0 Å². The molecule has 0 aromatic carbocycles. The van der Waals surface area contributed by atoms with Crippen molar-refractivity contribution in [2.75, 3.05) is 0 Å². The third-order valence-corrected chi connectivity index (χ3v) is 8.28. The van der Waals surface area contributed by atoms with E-state index in [2.05, 4.69) is 0 Å². The SMILES string of the molecule is C[Si](C)(C)OP([O-])(=S)O[Si](C)(C)C.[Li+]. The maximum absolute atomic E-state index is 11.7. The van der Waals surface area contributed by atoms with Gasteiger partial charge in [-0.25, -0.2) is 0 Å². The van der Waals surface area contributed by atoms with Crippen molar-refractivity contribution in [1.82, 2.24) is 0 Å². The van der Waals surface area contributed by atoms with E-state index >= 15 is 0 Å². The molecule has 0 heterocycles. The monoisotopic (exact) mass is 264 g/mol. The zero-order chi connectivity index (χ0) is 10.9. The van der Waals surface area contributed by atoms with Gasteiger partial charge in [-0.2, -0.15) is 0 Å². The molecule has 0 aromatic heterocycles. The maximum atomic E-state index is 11.7. The van der Waals surface area contributed by atoms with Crippen molar-refractivity contribution in [3.05, 3.63) is 0 Å². The van der Waals surface area contributed by atoms with Crippen LogP contribution in [-0.4, -0.2) is 16.6 Å². The Morgan fingerprint density at radius 3 is 1.29 bits per heavy atom. The summed E-state index contributed by atoms with van der Waals surface area (Å²) in [5.41, 5.74) is 0. The summed E-state index contributed by atoms with van der Waals surface area (Å²) in [6.45, 7) is 8.44. The van der Waals surface area contributed by atoms with Crippen molar-refractivity contribution in [1.29, 1.82) is 0 Å². The maximum Gasteiger partial charge on any atom is 1.00 e. The molecule has 0 atom stereocenters. The normalized spacial score (nSPS) is 13.6. The molecular weight excluding hydrogens is 246 g/mol. The van der Waals surface area contributed by atoms with E-state index in [4.69, 9.17) is 20.2 Å². The van der Waals surface area contributed by atoms with Crippen molar-refractivity contribution >= 4 is 35.2 Å². The van der Waals surface area contributed by atoms with Crippen LogP contribution < -0.4 is 23.8 Å². The van der Waals surface area contributed by atoms with Crippen molar-refractivity contribution in [2.45, 2.75) is 39.3 Å². The zero-order valence-corrected chi connectivity index (χ0v) is 13.8. The molecule has 0 aliphatic rings. The molecule has 0 aromatic rings. The third kappa shape index (κ3) is 11.6. The van der Waals surface area contributed by atoms with Gasteiger partial charge in [0.05, 0.1) is 6.72 Å². The van der Waals surface area contributed by atoms with Crippen LogP contribution in [-0.2, 0) is 20.2 Å². The molecule has 0 amide bonds. The molecule has 0 rings (SSSR count). The molecule has 14 heavy (non-hydrogen) atoms. The summed E-state index contributed by atoms with van der Waals surface area (Å²) in [4.78, 5) is 11.7. The van der Waals surface area contributed by atoms with Gasteiger partial charge >= 0.3 is 18.9 Å². The van der Waals surface area contributed by atoms with Crippen molar-refractivity contribution in [3.63, 3.8) is 0 Å². The average molecular weight is 264 g/mol. The van der Waals surface area contributed by atoms with Crippen LogP contribution in [0.25, 0.3) is 0 Å². The standard InChI is InChI=1S/C6H19O3PSSi2.Li/c1-12(2,3)8-10(7,11)9-13(4,5)6;/h1-6H3,(H,7,11);/q;+1/p-1. The van der Waals surface area contributed by atoms with Crippen LogP contribution in [0.1, 0.15) is 0 Å². The van der Waals surface area contributed by atoms with Crippen LogP contribution in [0.4, 0.5) is 0 Å². The predicted molar refractivity (Wildman–Crippen MR) is 63.1 cm³/mol. The van der Waals surface area contributed by atoms with E-state index in [1.165, 1.54) is 0 Å². The van der Waals surface area contributed by atoms with Crippen molar-refractivity contribution in [3.8, 4) is 0 Å². The molecule has 3 nitrogen and oxygen atoms in total. The number of hydrogen-bond donors (Lipinski definition) is 0. The Labute approximate surface area is 106 Å². The molecule has 0 unspecified atom stereocenters. The second kappa shape index (κ2) is 5.76. The minimum absolute atomic E-state index is 0. The first-order valence-corrected chi connectivity index (χ1v) is 13.5. The summed E-state index contributed by atoms with van der Waals surface area (Å²) >= 11 is 4.82. The quantitative estimate of drug-likeness (QED) is 0.496. The molecule has 0 saturated carbocycles. The van der Waals surface area contributed by atoms with E-state index in [0.717, 1.165) is 0 Å². The first-order valence-electron chi connectivity index (χ1n) is 4.14. The Hall–Kier alpha value is 1.56. The Kier molecular flexibility index (Phi) is 7.38. The molecule has 0 aliphatic heterocycles. The van der Waals surface area contributed by atoms with Gasteiger partial charge < -0.3 is 13.3 Å². The van der Waals surface area contributed by atoms with E-state index in [-0.39, 0.29) is 18.9 Å². The summed E-state index contributed by atoms with van der Waals surface area (Å²) in [5.74, 6) is 0. The summed E-state index contributed by atoms with van der Waals surface area (Å²) in [6, 6.07) is 0. The number of hydrogen-bond acceptors (Lipinski definition) is 4. The van der Waals surface area contributed by atoms with Crippen LogP contribution in [0.3, 0.4) is 0 Å². The van der Waals surface area contributed by atoms with E-state index < -0.39 is 23.4 Å². The van der Waals surface area contributed by atoms with Gasteiger partial charge in [0, 0.05) is 0 Å². The van der Waals surface area contributed by atoms with Crippen molar-refractivity contribution in [2.24, 2.45) is 0 Å². The van der Waals surface area contributed by atoms with Gasteiger partial charge in [-0.3, -0.25) is 0 Å². The van der Waals surface area contributed by atoms with Crippen LogP contribution in [0.15, 0.2) is 0 Å². The van der Waals surface area contributed by atoms with Gasteiger partial charge in [-0.15, -0.1) is 0 Å². The number of rotatable bonds is 4. The molecule has 0 N–H and O–H groups in total. The summed E-state index contributed by atoms with van der Waals surface area (Å²) in [6.07, 6.45) is 0. The second-order valence-electron chi connectivity index (χ2n) is 4.85. The average Bonchev–Trinajstić information content (AvgIpc) is 1.43. The first kappa shape index (κ1) is 17.9. The molecule has 0 radical (unpaired) electrons. The van der Waals surface area contributed by atoms with Gasteiger partial charge in [0.25, 0.3) is 0 Å². The van der Waals surface area contributed by atoms with Gasteiger partial charge in [-0.1, -0.05) is 11.8 Å². The molecule has 0 bridgehead atoms. The minimum Gasteiger partial charge on any atom is -0.781 e. The van der Waals surface area contributed by atoms with E-state index in [9.17, 15) is 4.89 Å². The second-order valence-corrected chi connectivity index (χ2v) is 17.0. The predicted octanol–water partition coefficient (Wildman–Crippen LogP) is -0.722. The van der Waals surface area contributed by atoms with Crippen molar-refractivity contribution < 1.29 is 32.2 Å². The minimum atomic E-state index is -3.23. The Balaban J connectivity index is 0. The largest absolute Gasteiger partial charge is 1.00 e. The van der Waals surface area contributed by atoms with Crippen LogP contribution in [0.5, 0.6) is 0 Å². The van der Waals surface area contributed by atoms with Crippen LogP contribution in [0.2, 0.25) is 39.3 Å². The molecule has 80 valence electrons. The van der Waals surface area contributed by atoms with Crippen LogP contribution >= 0.6 is 6.72 Å². The summed E-state index contributed by atoms with van der Waals surface area (Å²) < 4.78 is 10.6. The van der Waals surface area contributed by atoms with Gasteiger partial charge in [0.2, 0.25) is 0 Å². The van der Waals surface area contributed by atoms with E-state index in [1.807, 2.05) is 39.3 Å². The molecule has 0 spiro atoms. The van der Waals surface area contributed by atoms with E-state index in [0.29, 0.717) is 0 Å². The molecule has 0 saturated heterocycles. The molecule has 0 aliphatic carbocycles. The zero-order valence-electron chi connectivity index (χ0n) is 10.1. The smallest absolute Gasteiger partial charge is 0.781 e. The molecule has 0 fully saturated rings. The Morgan fingerprint density at radius 1 is 0.929 bits per heavy atom. The molecule has 8 heteroatoms. The fourth-order valence-corrected chi connectivity index (χ4v) is 10.6. The fourth-order valence-electron chi connectivity index (χ4n) is 0.689. The fraction of sp³-hybridized carbons (Fsp3) is 1.00. The topological polar surface area (TPSA) is 41.5 Å². The van der Waals surface area contributed by atoms with Gasteiger partial charge in [0.15, 0.2) is 16.6 Å². The Morgan fingerprint density at radius 2 is 1.14 bits per heavy atom. The summed E-state index contributed by atoms with van der Waals surface area (Å²) in [7, 11) is -3.72. The molecular formula is C6H18LiO3PSSi2.